The summed E-state index contributed by atoms with van der Waals surface area (Å²) in [6.07, 6.45) is 0. The molecule has 5 heteroatoms. The zero-order chi connectivity index (χ0) is 16.0. The summed E-state index contributed by atoms with van der Waals surface area (Å²) < 4.78 is 10.7. The number of hydrogen-bond acceptors (Lipinski definition) is 4. The fourth-order valence-electron chi connectivity index (χ4n) is 3.21. The van der Waals surface area contributed by atoms with E-state index in [1.807, 2.05) is 19.1 Å². The van der Waals surface area contributed by atoms with Gasteiger partial charge < -0.3 is 14.8 Å². The molecule has 2 atom stereocenters. The van der Waals surface area contributed by atoms with Gasteiger partial charge in [-0.15, -0.1) is 0 Å². The number of ether oxygens (including phenoxy) is 2. The molecule has 4 rings (SSSR count). The summed E-state index contributed by atoms with van der Waals surface area (Å²) in [7, 11) is 0. The van der Waals surface area contributed by atoms with Gasteiger partial charge in [0.1, 0.15) is 0 Å². The average molecular weight is 309 g/mol. The van der Waals surface area contributed by atoms with E-state index >= 15 is 0 Å². The number of carbonyl (C=O) groups excluding carboxylic acids is 2. The summed E-state index contributed by atoms with van der Waals surface area (Å²) in [5.41, 5.74) is 1.69. The van der Waals surface area contributed by atoms with E-state index in [1.54, 1.807) is 30.3 Å². The minimum atomic E-state index is -0.461. The molecule has 23 heavy (non-hydrogen) atoms. The van der Waals surface area contributed by atoms with Crippen LogP contribution in [0.3, 0.4) is 0 Å². The Hall–Kier alpha value is -2.82. The topological polar surface area (TPSA) is 64.6 Å². The van der Waals surface area contributed by atoms with Crippen LogP contribution in [0.5, 0.6) is 11.5 Å². The van der Waals surface area contributed by atoms with Gasteiger partial charge in [0.2, 0.25) is 6.79 Å². The third-order valence-electron chi connectivity index (χ3n) is 4.33. The second-order valence-corrected chi connectivity index (χ2v) is 5.76. The number of rotatable bonds is 1. The molecule has 1 amide bonds. The molecule has 0 bridgehead atoms. The highest BCUT2D eigenvalue weighted by molar-refractivity contribution is 6.12. The van der Waals surface area contributed by atoms with E-state index in [-0.39, 0.29) is 24.5 Å². The SMILES string of the molecule is C[C@@H]1NC(=O)c2ccccc2C(=O)[C@H]1c1ccc2c(c1)OCO2. The zero-order valence-corrected chi connectivity index (χ0v) is 12.5. The van der Waals surface area contributed by atoms with Crippen molar-refractivity contribution in [1.29, 1.82) is 0 Å². The quantitative estimate of drug-likeness (QED) is 0.879. The Morgan fingerprint density at radius 1 is 1.00 bits per heavy atom. The number of hydrogen-bond donors (Lipinski definition) is 1. The van der Waals surface area contributed by atoms with E-state index in [1.165, 1.54) is 0 Å². The standard InChI is InChI=1S/C18H15NO4/c1-10-16(11-6-7-14-15(8-11)23-9-22-14)17(20)12-4-2-3-5-13(12)18(21)19-10/h2-8,10,16H,9H2,1H3,(H,19,21)/t10-,16+/m0/s1. The molecular formula is C18H15NO4. The molecule has 2 heterocycles. The third-order valence-corrected chi connectivity index (χ3v) is 4.33. The first-order valence-corrected chi connectivity index (χ1v) is 7.49. The summed E-state index contributed by atoms with van der Waals surface area (Å²) in [4.78, 5) is 25.3. The second kappa shape index (κ2) is 5.12. The number of ketones is 1. The van der Waals surface area contributed by atoms with E-state index in [0.717, 1.165) is 5.56 Å². The van der Waals surface area contributed by atoms with Crippen LogP contribution in [-0.4, -0.2) is 24.5 Å². The molecule has 0 saturated heterocycles. The monoisotopic (exact) mass is 309 g/mol. The van der Waals surface area contributed by atoms with Crippen molar-refractivity contribution < 1.29 is 19.1 Å². The van der Waals surface area contributed by atoms with Crippen LogP contribution in [0.25, 0.3) is 0 Å². The fourth-order valence-corrected chi connectivity index (χ4v) is 3.21. The lowest BCUT2D eigenvalue weighted by Gasteiger charge is -2.21. The number of carbonyl (C=O) groups is 2. The average Bonchev–Trinajstić information content (AvgIpc) is 2.99. The Morgan fingerprint density at radius 2 is 1.74 bits per heavy atom. The van der Waals surface area contributed by atoms with Gasteiger partial charge in [0.05, 0.1) is 11.5 Å². The highest BCUT2D eigenvalue weighted by atomic mass is 16.7. The van der Waals surface area contributed by atoms with Crippen molar-refractivity contribution in [3.63, 3.8) is 0 Å². The van der Waals surface area contributed by atoms with Gasteiger partial charge in [-0.3, -0.25) is 9.59 Å². The molecule has 116 valence electrons. The molecule has 2 aliphatic rings. The second-order valence-electron chi connectivity index (χ2n) is 5.76. The van der Waals surface area contributed by atoms with E-state index in [4.69, 9.17) is 9.47 Å². The van der Waals surface area contributed by atoms with Crippen molar-refractivity contribution in [2.75, 3.05) is 6.79 Å². The Bertz CT molecular complexity index is 814. The Labute approximate surface area is 133 Å². The normalized spacial score (nSPS) is 22.3. The maximum atomic E-state index is 13.0. The van der Waals surface area contributed by atoms with Gasteiger partial charge in [-0.25, -0.2) is 0 Å². The summed E-state index contributed by atoms with van der Waals surface area (Å²) in [5, 5.41) is 2.91. The molecule has 0 aliphatic carbocycles. The minimum Gasteiger partial charge on any atom is -0.454 e. The number of nitrogens with one attached hydrogen (secondary N) is 1. The molecule has 0 unspecified atom stereocenters. The van der Waals surface area contributed by atoms with Gasteiger partial charge in [0, 0.05) is 11.6 Å². The van der Waals surface area contributed by atoms with Crippen molar-refractivity contribution >= 4 is 11.7 Å². The summed E-state index contributed by atoms with van der Waals surface area (Å²) in [6, 6.07) is 12.1. The Balaban J connectivity index is 1.82. The van der Waals surface area contributed by atoms with Gasteiger partial charge in [-0.2, -0.15) is 0 Å². The van der Waals surface area contributed by atoms with Crippen LogP contribution in [0.15, 0.2) is 42.5 Å². The van der Waals surface area contributed by atoms with Gasteiger partial charge in [-0.1, -0.05) is 24.3 Å². The number of benzene rings is 2. The largest absolute Gasteiger partial charge is 0.454 e. The van der Waals surface area contributed by atoms with E-state index in [9.17, 15) is 9.59 Å². The van der Waals surface area contributed by atoms with Gasteiger partial charge in [-0.05, 0) is 30.7 Å². The van der Waals surface area contributed by atoms with Crippen LogP contribution in [0, 0.1) is 0 Å². The van der Waals surface area contributed by atoms with Crippen molar-refractivity contribution in [3.05, 3.63) is 59.2 Å². The van der Waals surface area contributed by atoms with Gasteiger partial charge in [0.25, 0.3) is 5.91 Å². The lowest BCUT2D eigenvalue weighted by molar-refractivity contribution is 0.0926. The Morgan fingerprint density at radius 3 is 2.57 bits per heavy atom. The Kier molecular flexibility index (Phi) is 3.08. The highest BCUT2D eigenvalue weighted by Crippen LogP contribution is 2.37. The molecule has 2 aromatic rings. The van der Waals surface area contributed by atoms with Crippen molar-refractivity contribution in [2.45, 2.75) is 18.9 Å². The third kappa shape index (κ3) is 2.16. The lowest BCUT2D eigenvalue weighted by atomic mass is 9.85. The molecule has 2 aliphatic heterocycles. The van der Waals surface area contributed by atoms with Gasteiger partial charge >= 0.3 is 0 Å². The smallest absolute Gasteiger partial charge is 0.252 e. The van der Waals surface area contributed by atoms with Crippen LogP contribution in [0.1, 0.15) is 39.1 Å². The number of Topliss-reactive ketones (excluding diaryl/α,β-unsaturated/α-hetero) is 1. The van der Waals surface area contributed by atoms with Crippen LogP contribution in [0.4, 0.5) is 0 Å². The molecular weight excluding hydrogens is 294 g/mol. The fraction of sp³-hybridized carbons (Fsp3) is 0.222. The van der Waals surface area contributed by atoms with E-state index in [2.05, 4.69) is 5.32 Å². The van der Waals surface area contributed by atoms with Crippen LogP contribution in [0.2, 0.25) is 0 Å². The number of fused-ring (bicyclic) bond motifs is 2. The van der Waals surface area contributed by atoms with Crippen LogP contribution in [-0.2, 0) is 0 Å². The molecule has 0 radical (unpaired) electrons. The first-order valence-electron chi connectivity index (χ1n) is 7.49. The van der Waals surface area contributed by atoms with Crippen LogP contribution >= 0.6 is 0 Å². The maximum Gasteiger partial charge on any atom is 0.252 e. The molecule has 0 aromatic heterocycles. The van der Waals surface area contributed by atoms with E-state index in [0.29, 0.717) is 22.6 Å². The minimum absolute atomic E-state index is 0.0645. The molecule has 5 nitrogen and oxygen atoms in total. The van der Waals surface area contributed by atoms with Crippen LogP contribution < -0.4 is 14.8 Å². The van der Waals surface area contributed by atoms with E-state index < -0.39 is 5.92 Å². The van der Waals surface area contributed by atoms with Crippen molar-refractivity contribution in [3.8, 4) is 11.5 Å². The number of amides is 1. The zero-order valence-electron chi connectivity index (χ0n) is 12.5. The molecule has 0 fully saturated rings. The lowest BCUT2D eigenvalue weighted by Crippen LogP contribution is -2.36. The summed E-state index contributed by atoms with van der Waals surface area (Å²) >= 11 is 0. The molecule has 0 saturated carbocycles. The predicted octanol–water partition coefficient (Wildman–Crippen LogP) is 2.51. The molecule has 2 aromatic carbocycles. The first kappa shape index (κ1) is 13.8. The molecule has 0 spiro atoms. The van der Waals surface area contributed by atoms with Crippen molar-refractivity contribution in [2.24, 2.45) is 0 Å². The highest BCUT2D eigenvalue weighted by Gasteiger charge is 2.35. The molecule has 1 N–H and O–H groups in total. The summed E-state index contributed by atoms with van der Waals surface area (Å²) in [6.45, 7) is 2.03. The summed E-state index contributed by atoms with van der Waals surface area (Å²) in [5.74, 6) is 0.561. The van der Waals surface area contributed by atoms with Crippen molar-refractivity contribution in [1.82, 2.24) is 5.32 Å². The maximum absolute atomic E-state index is 13.0. The van der Waals surface area contributed by atoms with Gasteiger partial charge in [0.15, 0.2) is 17.3 Å². The predicted molar refractivity (Wildman–Crippen MR) is 83.0 cm³/mol. The first-order chi connectivity index (χ1) is 11.1.